The molecule has 1 N–H and O–H groups in total. The van der Waals surface area contributed by atoms with Crippen LogP contribution in [0.4, 0.5) is 0 Å². The van der Waals surface area contributed by atoms with Crippen molar-refractivity contribution >= 4 is 23.4 Å². The van der Waals surface area contributed by atoms with Crippen molar-refractivity contribution in [2.24, 2.45) is 0 Å². The second kappa shape index (κ2) is 7.70. The Kier molecular flexibility index (Phi) is 8.17. The highest BCUT2D eigenvalue weighted by molar-refractivity contribution is 7.99. The highest BCUT2D eigenvalue weighted by Crippen LogP contribution is 1.95. The summed E-state index contributed by atoms with van der Waals surface area (Å²) in [5.74, 6) is 2.40. The lowest BCUT2D eigenvalue weighted by Crippen LogP contribution is -2.23. The van der Waals surface area contributed by atoms with Crippen LogP contribution in [0.1, 0.15) is 13.8 Å². The third-order valence-corrected chi connectivity index (χ3v) is 2.11. The fourth-order valence-corrected chi connectivity index (χ4v) is 1.28. The lowest BCUT2D eigenvalue weighted by atomic mass is 10.5. The fourth-order valence-electron chi connectivity index (χ4n) is 0.590. The first-order chi connectivity index (χ1) is 4.77. The third kappa shape index (κ3) is 8.60. The minimum atomic E-state index is 0.256. The summed E-state index contributed by atoms with van der Waals surface area (Å²) < 4.78 is 0. The van der Waals surface area contributed by atoms with Crippen LogP contribution in [0.15, 0.2) is 0 Å². The van der Waals surface area contributed by atoms with Crippen molar-refractivity contribution < 1.29 is 0 Å². The monoisotopic (exact) mass is 181 g/mol. The molecule has 1 unspecified atom stereocenters. The molecular formula is C7H16ClNS. The highest BCUT2D eigenvalue weighted by Gasteiger charge is 1.92. The van der Waals surface area contributed by atoms with Crippen LogP contribution in [0, 0.1) is 0 Å². The lowest BCUT2D eigenvalue weighted by Gasteiger charge is -2.04. The summed E-state index contributed by atoms with van der Waals surface area (Å²) in [6, 6.07) is 0. The average molecular weight is 182 g/mol. The Morgan fingerprint density at radius 1 is 1.60 bits per heavy atom. The Morgan fingerprint density at radius 3 is 2.80 bits per heavy atom. The van der Waals surface area contributed by atoms with Gasteiger partial charge in [0.05, 0.1) is 0 Å². The van der Waals surface area contributed by atoms with Crippen LogP contribution in [0.3, 0.4) is 0 Å². The zero-order valence-electron chi connectivity index (χ0n) is 6.69. The largest absolute Gasteiger partial charge is 0.314 e. The molecular weight excluding hydrogens is 166 g/mol. The number of alkyl halides is 1. The molecule has 3 heteroatoms. The predicted molar refractivity (Wildman–Crippen MR) is 51.2 cm³/mol. The van der Waals surface area contributed by atoms with Crippen LogP contribution in [-0.4, -0.2) is 30.0 Å². The first kappa shape index (κ1) is 10.6. The van der Waals surface area contributed by atoms with E-state index < -0.39 is 0 Å². The van der Waals surface area contributed by atoms with E-state index in [9.17, 15) is 0 Å². The summed E-state index contributed by atoms with van der Waals surface area (Å²) in [4.78, 5) is 0. The molecule has 0 fully saturated rings. The van der Waals surface area contributed by atoms with Gasteiger partial charge >= 0.3 is 0 Å². The molecule has 0 aliphatic heterocycles. The van der Waals surface area contributed by atoms with Crippen molar-refractivity contribution in [1.29, 1.82) is 0 Å². The van der Waals surface area contributed by atoms with E-state index >= 15 is 0 Å². The standard InChI is InChI=1S/C7H16ClNS/c1-3-10-5-4-9-6-7(2)8/h7,9H,3-6H2,1-2H3. The average Bonchev–Trinajstić information content (AvgIpc) is 1.87. The van der Waals surface area contributed by atoms with E-state index in [-0.39, 0.29) is 5.38 Å². The Labute approximate surface area is 72.9 Å². The summed E-state index contributed by atoms with van der Waals surface area (Å²) >= 11 is 7.68. The van der Waals surface area contributed by atoms with Gasteiger partial charge in [-0.15, -0.1) is 11.6 Å². The van der Waals surface area contributed by atoms with Crippen LogP contribution in [-0.2, 0) is 0 Å². The predicted octanol–water partition coefficient (Wildman–Crippen LogP) is 1.96. The summed E-state index contributed by atoms with van der Waals surface area (Å²) in [6.07, 6.45) is 0. The van der Waals surface area contributed by atoms with Gasteiger partial charge < -0.3 is 5.32 Å². The molecule has 0 aromatic rings. The molecule has 0 spiro atoms. The molecule has 0 aliphatic rings. The maximum Gasteiger partial charge on any atom is 0.0432 e. The summed E-state index contributed by atoms with van der Waals surface area (Å²) in [6.45, 7) is 6.18. The first-order valence-corrected chi connectivity index (χ1v) is 5.29. The van der Waals surface area contributed by atoms with Crippen molar-refractivity contribution in [2.45, 2.75) is 19.2 Å². The topological polar surface area (TPSA) is 12.0 Å². The van der Waals surface area contributed by atoms with E-state index in [1.54, 1.807) is 0 Å². The molecule has 0 bridgehead atoms. The van der Waals surface area contributed by atoms with Gasteiger partial charge in [-0.05, 0) is 12.7 Å². The molecule has 0 rings (SSSR count). The number of hydrogen-bond acceptors (Lipinski definition) is 2. The molecule has 0 saturated heterocycles. The van der Waals surface area contributed by atoms with Crippen molar-refractivity contribution in [2.75, 3.05) is 24.6 Å². The first-order valence-electron chi connectivity index (χ1n) is 3.70. The Hall–Kier alpha value is 0.600. The van der Waals surface area contributed by atoms with Crippen LogP contribution in [0.25, 0.3) is 0 Å². The van der Waals surface area contributed by atoms with Gasteiger partial charge in [0.15, 0.2) is 0 Å². The van der Waals surface area contributed by atoms with E-state index in [1.807, 2.05) is 18.7 Å². The Morgan fingerprint density at radius 2 is 2.30 bits per heavy atom. The van der Waals surface area contributed by atoms with E-state index in [2.05, 4.69) is 12.2 Å². The highest BCUT2D eigenvalue weighted by atomic mass is 35.5. The quantitative estimate of drug-likeness (QED) is 0.497. The minimum Gasteiger partial charge on any atom is -0.314 e. The van der Waals surface area contributed by atoms with Crippen molar-refractivity contribution in [3.63, 3.8) is 0 Å². The van der Waals surface area contributed by atoms with E-state index in [1.165, 1.54) is 11.5 Å². The van der Waals surface area contributed by atoms with Gasteiger partial charge in [-0.2, -0.15) is 11.8 Å². The maximum atomic E-state index is 5.72. The normalized spacial score (nSPS) is 13.5. The molecule has 0 aliphatic carbocycles. The Balaban J connectivity index is 2.77. The summed E-state index contributed by atoms with van der Waals surface area (Å²) in [5, 5.41) is 3.52. The molecule has 1 nitrogen and oxygen atoms in total. The summed E-state index contributed by atoms with van der Waals surface area (Å²) in [5.41, 5.74) is 0. The lowest BCUT2D eigenvalue weighted by molar-refractivity contribution is 0.713. The third-order valence-electron chi connectivity index (χ3n) is 1.05. The molecule has 0 aromatic carbocycles. The molecule has 10 heavy (non-hydrogen) atoms. The van der Waals surface area contributed by atoms with Gasteiger partial charge in [0.2, 0.25) is 0 Å². The van der Waals surface area contributed by atoms with E-state index in [0.29, 0.717) is 0 Å². The number of nitrogens with one attached hydrogen (secondary N) is 1. The van der Waals surface area contributed by atoms with Gasteiger partial charge in [0, 0.05) is 24.2 Å². The van der Waals surface area contributed by atoms with Crippen molar-refractivity contribution in [1.82, 2.24) is 5.32 Å². The van der Waals surface area contributed by atoms with Crippen molar-refractivity contribution in [3.8, 4) is 0 Å². The van der Waals surface area contributed by atoms with Crippen LogP contribution in [0.5, 0.6) is 0 Å². The van der Waals surface area contributed by atoms with Crippen LogP contribution >= 0.6 is 23.4 Å². The van der Waals surface area contributed by atoms with E-state index in [4.69, 9.17) is 11.6 Å². The second-order valence-electron chi connectivity index (χ2n) is 2.18. The molecule has 62 valence electrons. The number of thioether (sulfide) groups is 1. The Bertz CT molecular complexity index is 68.6. The van der Waals surface area contributed by atoms with Gasteiger partial charge in [0.1, 0.15) is 0 Å². The molecule has 0 aromatic heterocycles. The van der Waals surface area contributed by atoms with E-state index in [0.717, 1.165) is 13.1 Å². The summed E-state index contributed by atoms with van der Waals surface area (Å²) in [7, 11) is 0. The second-order valence-corrected chi connectivity index (χ2v) is 4.32. The van der Waals surface area contributed by atoms with Crippen LogP contribution in [0.2, 0.25) is 0 Å². The van der Waals surface area contributed by atoms with Crippen molar-refractivity contribution in [3.05, 3.63) is 0 Å². The zero-order chi connectivity index (χ0) is 7.82. The van der Waals surface area contributed by atoms with Gasteiger partial charge in [0.25, 0.3) is 0 Å². The smallest absolute Gasteiger partial charge is 0.0432 e. The number of halogens is 1. The van der Waals surface area contributed by atoms with Gasteiger partial charge in [-0.25, -0.2) is 0 Å². The minimum absolute atomic E-state index is 0.256. The number of rotatable bonds is 6. The SMILES string of the molecule is CCSCCNCC(C)Cl. The molecule has 1 atom stereocenters. The fraction of sp³-hybridized carbons (Fsp3) is 1.00. The molecule has 0 saturated carbocycles. The molecule has 0 heterocycles. The number of hydrogen-bond donors (Lipinski definition) is 1. The van der Waals surface area contributed by atoms with Crippen LogP contribution < -0.4 is 5.32 Å². The zero-order valence-corrected chi connectivity index (χ0v) is 8.26. The molecule has 0 amide bonds. The van der Waals surface area contributed by atoms with Gasteiger partial charge in [-0.3, -0.25) is 0 Å². The maximum absolute atomic E-state index is 5.72. The van der Waals surface area contributed by atoms with Gasteiger partial charge in [-0.1, -0.05) is 6.92 Å². The molecule has 0 radical (unpaired) electrons.